The van der Waals surface area contributed by atoms with E-state index in [2.05, 4.69) is 0 Å². The highest BCUT2D eigenvalue weighted by Gasteiger charge is 2.11. The van der Waals surface area contributed by atoms with Crippen molar-refractivity contribution in [2.75, 3.05) is 12.9 Å². The molecule has 0 aliphatic heterocycles. The van der Waals surface area contributed by atoms with E-state index in [9.17, 15) is 4.79 Å². The van der Waals surface area contributed by atoms with Crippen molar-refractivity contribution in [3.05, 3.63) is 29.8 Å². The third-order valence-corrected chi connectivity index (χ3v) is 3.60. The number of benzene rings is 1. The summed E-state index contributed by atoms with van der Waals surface area (Å²) in [5.41, 5.74) is 1.05. The fourth-order valence-electron chi connectivity index (χ4n) is 1.46. The number of carbonyl (C=O) groups excluding carboxylic acids is 1. The number of carbonyl (C=O) groups is 1. The van der Waals surface area contributed by atoms with E-state index < -0.39 is 0 Å². The molecule has 0 radical (unpaired) electrons. The average Bonchev–Trinajstić information content (AvgIpc) is 2.36. The second kappa shape index (κ2) is 7.62. The lowest BCUT2D eigenvalue weighted by Gasteiger charge is -2.09. The zero-order valence-electron chi connectivity index (χ0n) is 10.1. The zero-order valence-corrected chi connectivity index (χ0v) is 11.7. The summed E-state index contributed by atoms with van der Waals surface area (Å²) in [6.07, 6.45) is 3.01. The van der Waals surface area contributed by atoms with Crippen LogP contribution in [0.15, 0.2) is 29.2 Å². The van der Waals surface area contributed by atoms with Crippen LogP contribution in [0.2, 0.25) is 0 Å². The summed E-state index contributed by atoms with van der Waals surface area (Å²) in [7, 11) is 0. The van der Waals surface area contributed by atoms with Gasteiger partial charge in [0, 0.05) is 11.3 Å². The number of halogens is 1. The van der Waals surface area contributed by atoms with E-state index in [1.54, 1.807) is 18.7 Å². The Morgan fingerprint density at radius 1 is 1.41 bits per heavy atom. The van der Waals surface area contributed by atoms with Crippen molar-refractivity contribution >= 4 is 29.3 Å². The van der Waals surface area contributed by atoms with Crippen LogP contribution in [0.1, 0.15) is 30.7 Å². The van der Waals surface area contributed by atoms with Gasteiger partial charge in [0.05, 0.1) is 12.0 Å². The second-order valence-corrected chi connectivity index (χ2v) is 4.99. The molecule has 0 saturated heterocycles. The molecule has 0 N–H and O–H groups in total. The van der Waals surface area contributed by atoms with E-state index in [4.69, 9.17) is 16.3 Å². The third kappa shape index (κ3) is 5.00. The van der Waals surface area contributed by atoms with Crippen LogP contribution in [0.25, 0.3) is 0 Å². The summed E-state index contributed by atoms with van der Waals surface area (Å²) in [5.74, 6) is -0.182. The van der Waals surface area contributed by atoms with Crippen molar-refractivity contribution < 1.29 is 9.53 Å². The Morgan fingerprint density at radius 3 is 2.59 bits per heavy atom. The predicted octanol–water partition coefficient (Wildman–Crippen LogP) is 4.03. The van der Waals surface area contributed by atoms with Crippen LogP contribution in [0.3, 0.4) is 0 Å². The molecule has 17 heavy (non-hydrogen) atoms. The first kappa shape index (κ1) is 14.4. The summed E-state index contributed by atoms with van der Waals surface area (Å²) in [5, 5.41) is -0.129. The first-order valence-electron chi connectivity index (χ1n) is 5.61. The van der Waals surface area contributed by atoms with Gasteiger partial charge >= 0.3 is 5.97 Å². The van der Waals surface area contributed by atoms with Crippen LogP contribution >= 0.6 is 23.4 Å². The number of rotatable bonds is 6. The largest absolute Gasteiger partial charge is 0.466 e. The normalized spacial score (nSPS) is 12.2. The first-order valence-corrected chi connectivity index (χ1v) is 7.27. The summed E-state index contributed by atoms with van der Waals surface area (Å²) >= 11 is 7.93. The third-order valence-electron chi connectivity index (χ3n) is 2.38. The first-order chi connectivity index (χ1) is 8.17. The highest BCUT2D eigenvalue weighted by molar-refractivity contribution is 7.98. The molecule has 0 aliphatic rings. The summed E-state index contributed by atoms with van der Waals surface area (Å²) in [6.45, 7) is 2.23. The van der Waals surface area contributed by atoms with Crippen LogP contribution < -0.4 is 0 Å². The van der Waals surface area contributed by atoms with Gasteiger partial charge in [0.1, 0.15) is 0 Å². The van der Waals surface area contributed by atoms with Crippen LogP contribution in [-0.2, 0) is 9.53 Å². The average molecular weight is 273 g/mol. The van der Waals surface area contributed by atoms with Gasteiger partial charge in [-0.15, -0.1) is 23.4 Å². The van der Waals surface area contributed by atoms with Crippen molar-refractivity contribution in [3.8, 4) is 0 Å². The lowest BCUT2D eigenvalue weighted by Crippen LogP contribution is -2.05. The second-order valence-electron chi connectivity index (χ2n) is 3.58. The van der Waals surface area contributed by atoms with Crippen molar-refractivity contribution in [1.29, 1.82) is 0 Å². The molecule has 0 aromatic heterocycles. The molecule has 1 aromatic rings. The van der Waals surface area contributed by atoms with Crippen molar-refractivity contribution in [2.24, 2.45) is 0 Å². The van der Waals surface area contributed by atoms with Crippen LogP contribution in [-0.4, -0.2) is 18.8 Å². The molecule has 94 valence electrons. The Labute approximate surface area is 112 Å². The van der Waals surface area contributed by atoms with Gasteiger partial charge < -0.3 is 4.74 Å². The standard InChI is InChI=1S/C13H17ClO2S/c1-3-16-13(15)9-8-12(14)10-4-6-11(17-2)7-5-10/h4-7,12H,3,8-9H2,1-2H3. The summed E-state index contributed by atoms with van der Waals surface area (Å²) in [4.78, 5) is 12.4. The molecule has 0 amide bonds. The molecular weight excluding hydrogens is 256 g/mol. The van der Waals surface area contributed by atoms with E-state index in [0.29, 0.717) is 19.4 Å². The van der Waals surface area contributed by atoms with Crippen molar-refractivity contribution in [1.82, 2.24) is 0 Å². The van der Waals surface area contributed by atoms with Gasteiger partial charge in [-0.25, -0.2) is 0 Å². The van der Waals surface area contributed by atoms with E-state index in [1.807, 2.05) is 30.5 Å². The van der Waals surface area contributed by atoms with Crippen LogP contribution in [0, 0.1) is 0 Å². The van der Waals surface area contributed by atoms with Gasteiger partial charge in [-0.05, 0) is 37.3 Å². The molecule has 2 nitrogen and oxygen atoms in total. The molecule has 4 heteroatoms. The number of ether oxygens (including phenoxy) is 1. The van der Waals surface area contributed by atoms with E-state index in [0.717, 1.165) is 5.56 Å². The highest BCUT2D eigenvalue weighted by atomic mass is 35.5. The van der Waals surface area contributed by atoms with E-state index in [-0.39, 0.29) is 11.3 Å². The fraction of sp³-hybridized carbons (Fsp3) is 0.462. The van der Waals surface area contributed by atoms with Gasteiger partial charge in [-0.2, -0.15) is 0 Å². The molecule has 0 aliphatic carbocycles. The molecule has 0 heterocycles. The maximum absolute atomic E-state index is 11.2. The highest BCUT2D eigenvalue weighted by Crippen LogP contribution is 2.27. The van der Waals surface area contributed by atoms with E-state index in [1.165, 1.54) is 4.90 Å². The summed E-state index contributed by atoms with van der Waals surface area (Å²) in [6, 6.07) is 8.10. The van der Waals surface area contributed by atoms with Crippen LogP contribution in [0.5, 0.6) is 0 Å². The number of hydrogen-bond acceptors (Lipinski definition) is 3. The molecule has 1 atom stereocenters. The number of thioether (sulfide) groups is 1. The molecule has 0 bridgehead atoms. The Kier molecular flexibility index (Phi) is 6.45. The van der Waals surface area contributed by atoms with Crippen LogP contribution in [0.4, 0.5) is 0 Å². The predicted molar refractivity (Wildman–Crippen MR) is 72.7 cm³/mol. The zero-order chi connectivity index (χ0) is 12.7. The molecule has 0 spiro atoms. The van der Waals surface area contributed by atoms with Gasteiger partial charge in [0.25, 0.3) is 0 Å². The topological polar surface area (TPSA) is 26.3 Å². The molecule has 1 aromatic carbocycles. The Bertz CT molecular complexity index is 351. The number of hydrogen-bond donors (Lipinski definition) is 0. The monoisotopic (exact) mass is 272 g/mol. The van der Waals surface area contributed by atoms with Crippen molar-refractivity contribution in [3.63, 3.8) is 0 Å². The van der Waals surface area contributed by atoms with E-state index >= 15 is 0 Å². The van der Waals surface area contributed by atoms with Gasteiger partial charge in [0.15, 0.2) is 0 Å². The lowest BCUT2D eigenvalue weighted by molar-refractivity contribution is -0.143. The molecular formula is C13H17ClO2S. The maximum atomic E-state index is 11.2. The molecule has 1 rings (SSSR count). The lowest BCUT2D eigenvalue weighted by atomic mass is 10.1. The minimum absolute atomic E-state index is 0.129. The molecule has 1 unspecified atom stereocenters. The quantitative estimate of drug-likeness (QED) is 0.444. The Hall–Kier alpha value is -0.670. The molecule has 0 saturated carbocycles. The number of esters is 1. The fourth-order valence-corrected chi connectivity index (χ4v) is 2.12. The minimum atomic E-state index is -0.182. The van der Waals surface area contributed by atoms with Crippen molar-refractivity contribution in [2.45, 2.75) is 30.0 Å². The Balaban J connectivity index is 2.46. The summed E-state index contributed by atoms with van der Waals surface area (Å²) < 4.78 is 4.86. The van der Waals surface area contributed by atoms with Gasteiger partial charge in [0.2, 0.25) is 0 Å². The SMILES string of the molecule is CCOC(=O)CCC(Cl)c1ccc(SC)cc1. The maximum Gasteiger partial charge on any atom is 0.305 e. The Morgan fingerprint density at radius 2 is 2.06 bits per heavy atom. The smallest absolute Gasteiger partial charge is 0.305 e. The van der Waals surface area contributed by atoms with Gasteiger partial charge in [-0.3, -0.25) is 4.79 Å². The minimum Gasteiger partial charge on any atom is -0.466 e. The number of alkyl halides is 1. The molecule has 0 fully saturated rings. The van der Waals surface area contributed by atoms with Gasteiger partial charge in [-0.1, -0.05) is 12.1 Å².